The van der Waals surface area contributed by atoms with Crippen LogP contribution >= 0.6 is 0 Å². The summed E-state index contributed by atoms with van der Waals surface area (Å²) in [6, 6.07) is 11.3. The molecule has 1 saturated carbocycles. The van der Waals surface area contributed by atoms with Gasteiger partial charge < -0.3 is 20.1 Å². The molecule has 1 saturated heterocycles. The van der Waals surface area contributed by atoms with Gasteiger partial charge in [-0.05, 0) is 42.7 Å². The van der Waals surface area contributed by atoms with Crippen molar-refractivity contribution in [2.75, 3.05) is 19.0 Å². The Bertz CT molecular complexity index is 1360. The second kappa shape index (κ2) is 9.10. The molecule has 1 aromatic heterocycles. The first kappa shape index (κ1) is 23.5. The van der Waals surface area contributed by atoms with E-state index in [0.29, 0.717) is 35.2 Å². The molecule has 0 unspecified atom stereocenters. The van der Waals surface area contributed by atoms with E-state index in [4.69, 9.17) is 4.74 Å². The molecule has 0 spiro atoms. The van der Waals surface area contributed by atoms with Crippen LogP contribution in [0.3, 0.4) is 0 Å². The topological polar surface area (TPSA) is 131 Å². The first-order valence-electron chi connectivity index (χ1n) is 11.8. The summed E-state index contributed by atoms with van der Waals surface area (Å²) < 4.78 is 6.08. The van der Waals surface area contributed by atoms with Crippen molar-refractivity contribution in [3.05, 3.63) is 54.2 Å². The fraction of sp³-hybridized carbons (Fsp3) is 0.346. The second-order valence-corrected chi connectivity index (χ2v) is 9.28. The Morgan fingerprint density at radius 3 is 2.50 bits per heavy atom. The predicted molar refractivity (Wildman–Crippen MR) is 130 cm³/mol. The van der Waals surface area contributed by atoms with Crippen LogP contribution in [0.2, 0.25) is 0 Å². The smallest absolute Gasteiger partial charge is 0.432 e. The summed E-state index contributed by atoms with van der Waals surface area (Å²) >= 11 is 0. The quantitative estimate of drug-likeness (QED) is 0.562. The van der Waals surface area contributed by atoms with Crippen LogP contribution in [0.4, 0.5) is 10.5 Å². The normalized spacial score (nSPS) is 19.0. The van der Waals surface area contributed by atoms with Crippen LogP contribution in [0.1, 0.15) is 37.7 Å². The van der Waals surface area contributed by atoms with E-state index in [0.717, 1.165) is 23.1 Å². The summed E-state index contributed by atoms with van der Waals surface area (Å²) in [6.07, 6.45) is 3.10. The van der Waals surface area contributed by atoms with E-state index in [9.17, 15) is 24.3 Å². The standard InChI is InChI=1S/C26H26N4O6/c1-36-18-9-7-16(8-10-18)26(11-2-3-12-26)24(33)29-15-17(31)13-22(29)23(32)28-20-5-4-6-21-19(20)14-27-30(21)25(34)35/h4-10,14,22H,2-3,11-13,15H2,1H3,(H,28,32)(H,34,35)/t22-/m1/s1. The molecule has 2 N–H and O–H groups in total. The number of ether oxygens (including phenoxy) is 1. The number of methoxy groups -OCH3 is 1. The Balaban J connectivity index is 1.43. The molecule has 2 aromatic carbocycles. The zero-order valence-corrected chi connectivity index (χ0v) is 19.8. The third-order valence-electron chi connectivity index (χ3n) is 7.27. The van der Waals surface area contributed by atoms with Gasteiger partial charge in [0.05, 0.1) is 36.5 Å². The molecule has 0 radical (unpaired) electrons. The van der Waals surface area contributed by atoms with Gasteiger partial charge in [-0.15, -0.1) is 0 Å². The van der Waals surface area contributed by atoms with E-state index < -0.39 is 23.5 Å². The van der Waals surface area contributed by atoms with Crippen molar-refractivity contribution in [3.8, 4) is 5.75 Å². The number of amides is 2. The fourth-order valence-electron chi connectivity index (χ4n) is 5.46. The first-order chi connectivity index (χ1) is 17.3. The van der Waals surface area contributed by atoms with Gasteiger partial charge in [-0.3, -0.25) is 14.4 Å². The zero-order valence-electron chi connectivity index (χ0n) is 19.8. The predicted octanol–water partition coefficient (Wildman–Crippen LogP) is 3.19. The van der Waals surface area contributed by atoms with Crippen LogP contribution in [0.15, 0.2) is 48.7 Å². The van der Waals surface area contributed by atoms with Crippen molar-refractivity contribution < 1.29 is 29.0 Å². The van der Waals surface area contributed by atoms with Gasteiger partial charge in [-0.1, -0.05) is 31.0 Å². The highest BCUT2D eigenvalue weighted by atomic mass is 16.5. The molecule has 2 aliphatic rings. The number of Topliss-reactive ketones (excluding diaryl/α,β-unsaturated/α-hetero) is 1. The van der Waals surface area contributed by atoms with Crippen molar-refractivity contribution in [1.82, 2.24) is 14.7 Å². The lowest BCUT2D eigenvalue weighted by molar-refractivity contribution is -0.142. The number of nitrogens with zero attached hydrogens (tertiary/aromatic N) is 3. The van der Waals surface area contributed by atoms with E-state index in [-0.39, 0.29) is 24.7 Å². The molecule has 1 aliphatic carbocycles. The molecule has 0 bridgehead atoms. The average Bonchev–Trinajstić information content (AvgIpc) is 3.62. The zero-order chi connectivity index (χ0) is 25.4. The van der Waals surface area contributed by atoms with E-state index in [1.165, 1.54) is 11.1 Å². The molecule has 10 heteroatoms. The number of aromatic nitrogens is 2. The number of nitrogens with one attached hydrogen (secondary N) is 1. The van der Waals surface area contributed by atoms with Gasteiger partial charge in [0.1, 0.15) is 11.8 Å². The lowest BCUT2D eigenvalue weighted by Gasteiger charge is -2.35. The van der Waals surface area contributed by atoms with E-state index >= 15 is 0 Å². The number of anilines is 1. The third kappa shape index (κ3) is 3.88. The minimum absolute atomic E-state index is 0.0688. The van der Waals surface area contributed by atoms with Gasteiger partial charge in [-0.2, -0.15) is 9.78 Å². The van der Waals surface area contributed by atoms with Gasteiger partial charge in [0.15, 0.2) is 5.78 Å². The number of carbonyl (C=O) groups excluding carboxylic acids is 3. The molecule has 1 atom stereocenters. The summed E-state index contributed by atoms with van der Waals surface area (Å²) in [5, 5.41) is 16.4. The molecule has 3 aromatic rings. The maximum Gasteiger partial charge on any atom is 0.432 e. The third-order valence-corrected chi connectivity index (χ3v) is 7.27. The van der Waals surface area contributed by atoms with Crippen LogP contribution in [-0.4, -0.2) is 63.2 Å². The second-order valence-electron chi connectivity index (χ2n) is 9.28. The van der Waals surface area contributed by atoms with Crippen molar-refractivity contribution in [3.63, 3.8) is 0 Å². The highest BCUT2D eigenvalue weighted by Gasteiger charge is 2.50. The molecule has 2 heterocycles. The number of carbonyl (C=O) groups is 4. The van der Waals surface area contributed by atoms with Crippen LogP contribution in [0.25, 0.3) is 10.9 Å². The fourth-order valence-corrected chi connectivity index (χ4v) is 5.46. The van der Waals surface area contributed by atoms with Crippen LogP contribution in [-0.2, 0) is 19.8 Å². The Morgan fingerprint density at radius 1 is 1.11 bits per heavy atom. The number of ketones is 1. The van der Waals surface area contributed by atoms with Crippen molar-refractivity contribution in [1.29, 1.82) is 0 Å². The lowest BCUT2D eigenvalue weighted by Crippen LogP contribution is -2.51. The average molecular weight is 491 g/mol. The summed E-state index contributed by atoms with van der Waals surface area (Å²) in [4.78, 5) is 52.7. The van der Waals surface area contributed by atoms with Crippen LogP contribution < -0.4 is 10.1 Å². The number of hydrogen-bond donors (Lipinski definition) is 2. The van der Waals surface area contributed by atoms with Gasteiger partial charge >= 0.3 is 6.09 Å². The van der Waals surface area contributed by atoms with Gasteiger partial charge in [0.25, 0.3) is 0 Å². The molecule has 186 valence electrons. The Morgan fingerprint density at radius 2 is 1.83 bits per heavy atom. The number of fused-ring (bicyclic) bond motifs is 1. The number of carboxylic acid groups (broad SMARTS) is 1. The SMILES string of the molecule is COc1ccc(C2(C(=O)N3CC(=O)C[C@@H]3C(=O)Nc3cccc4c3cnn4C(=O)O)CCCC2)cc1. The van der Waals surface area contributed by atoms with Crippen LogP contribution in [0.5, 0.6) is 5.75 Å². The number of rotatable bonds is 5. The van der Waals surface area contributed by atoms with E-state index in [1.54, 1.807) is 25.3 Å². The van der Waals surface area contributed by atoms with Crippen molar-refractivity contribution in [2.24, 2.45) is 0 Å². The monoisotopic (exact) mass is 490 g/mol. The molecular formula is C26H26N4O6. The largest absolute Gasteiger partial charge is 0.497 e. The van der Waals surface area contributed by atoms with Crippen molar-refractivity contribution in [2.45, 2.75) is 43.6 Å². The molecule has 2 fully saturated rings. The minimum Gasteiger partial charge on any atom is -0.497 e. The Labute approximate surface area is 206 Å². The summed E-state index contributed by atoms with van der Waals surface area (Å²) in [7, 11) is 1.58. The summed E-state index contributed by atoms with van der Waals surface area (Å²) in [5.41, 5.74) is 0.746. The van der Waals surface area contributed by atoms with Gasteiger partial charge in [0, 0.05) is 11.8 Å². The maximum atomic E-state index is 14.0. The molecular weight excluding hydrogens is 464 g/mol. The van der Waals surface area contributed by atoms with Gasteiger partial charge in [-0.25, -0.2) is 4.79 Å². The van der Waals surface area contributed by atoms with E-state index in [2.05, 4.69) is 10.4 Å². The number of likely N-dealkylation sites (tertiary alicyclic amines) is 1. The van der Waals surface area contributed by atoms with Crippen LogP contribution in [0, 0.1) is 0 Å². The number of benzene rings is 2. The summed E-state index contributed by atoms with van der Waals surface area (Å²) in [6.45, 7) is -0.115. The highest BCUT2D eigenvalue weighted by Crippen LogP contribution is 2.44. The Hall–Kier alpha value is -4.21. The molecule has 2 amide bonds. The molecule has 5 rings (SSSR count). The summed E-state index contributed by atoms with van der Waals surface area (Å²) in [5.74, 6) is -0.197. The van der Waals surface area contributed by atoms with Crippen molar-refractivity contribution >= 4 is 40.3 Å². The maximum absolute atomic E-state index is 14.0. The first-order valence-corrected chi connectivity index (χ1v) is 11.8. The number of hydrogen-bond acceptors (Lipinski definition) is 6. The highest BCUT2D eigenvalue weighted by molar-refractivity contribution is 6.08. The van der Waals surface area contributed by atoms with Gasteiger partial charge in [0.2, 0.25) is 11.8 Å². The molecule has 36 heavy (non-hydrogen) atoms. The minimum atomic E-state index is -1.24. The molecule has 1 aliphatic heterocycles. The Kier molecular flexibility index (Phi) is 5.95. The van der Waals surface area contributed by atoms with E-state index in [1.807, 2.05) is 24.3 Å². The molecule has 10 nitrogen and oxygen atoms in total. The lowest BCUT2D eigenvalue weighted by atomic mass is 9.77.